The number of aliphatic hydroxyl groups is 1. The lowest BCUT2D eigenvalue weighted by atomic mass is 9.74. The van der Waals surface area contributed by atoms with Crippen LogP contribution in [0.5, 0.6) is 0 Å². The molecule has 96 valence electrons. The van der Waals surface area contributed by atoms with Crippen molar-refractivity contribution in [2.75, 3.05) is 7.11 Å². The van der Waals surface area contributed by atoms with Crippen LogP contribution in [0.4, 0.5) is 0 Å². The number of nitrogens with zero attached hydrogens (tertiary/aromatic N) is 3. The van der Waals surface area contributed by atoms with E-state index in [0.29, 0.717) is 6.42 Å². The summed E-state index contributed by atoms with van der Waals surface area (Å²) in [5.74, 6) is 0.829. The minimum Gasteiger partial charge on any atom is -0.390 e. The van der Waals surface area contributed by atoms with Crippen LogP contribution in [0.15, 0.2) is 6.33 Å². The van der Waals surface area contributed by atoms with Gasteiger partial charge in [-0.25, -0.2) is 9.67 Å². The second-order valence-corrected chi connectivity index (χ2v) is 5.06. The zero-order chi connectivity index (χ0) is 12.5. The van der Waals surface area contributed by atoms with Crippen molar-refractivity contribution in [1.82, 2.24) is 14.8 Å². The highest BCUT2D eigenvalue weighted by molar-refractivity contribution is 5.01. The van der Waals surface area contributed by atoms with E-state index >= 15 is 0 Å². The lowest BCUT2D eigenvalue weighted by Crippen LogP contribution is -2.51. The van der Waals surface area contributed by atoms with Crippen LogP contribution in [0.3, 0.4) is 0 Å². The number of aliphatic hydroxyl groups excluding tert-OH is 1. The van der Waals surface area contributed by atoms with Gasteiger partial charge in [-0.1, -0.05) is 0 Å². The van der Waals surface area contributed by atoms with Crippen molar-refractivity contribution in [3.8, 4) is 0 Å². The Hall–Kier alpha value is -0.940. The van der Waals surface area contributed by atoms with Crippen LogP contribution in [0.2, 0.25) is 0 Å². The van der Waals surface area contributed by atoms with Gasteiger partial charge in [0.25, 0.3) is 0 Å². The summed E-state index contributed by atoms with van der Waals surface area (Å²) in [7, 11) is 1.68. The van der Waals surface area contributed by atoms with Gasteiger partial charge in [-0.2, -0.15) is 5.10 Å². The Labute approximate surface area is 102 Å². The third-order valence-corrected chi connectivity index (χ3v) is 3.73. The van der Waals surface area contributed by atoms with Crippen LogP contribution in [0.25, 0.3) is 0 Å². The number of rotatable bonds is 5. The zero-order valence-corrected chi connectivity index (χ0v) is 10.8. The number of aromatic nitrogens is 3. The Morgan fingerprint density at radius 3 is 2.71 bits per heavy atom. The molecular formula is C12H21N3O2. The van der Waals surface area contributed by atoms with E-state index in [0.717, 1.165) is 25.1 Å². The molecular weight excluding hydrogens is 218 g/mol. The van der Waals surface area contributed by atoms with Gasteiger partial charge in [0, 0.05) is 19.6 Å². The monoisotopic (exact) mass is 239 g/mol. The van der Waals surface area contributed by atoms with Gasteiger partial charge >= 0.3 is 0 Å². The van der Waals surface area contributed by atoms with E-state index in [1.54, 1.807) is 13.4 Å². The fraction of sp³-hybridized carbons (Fsp3) is 0.833. The molecule has 1 atom stereocenters. The van der Waals surface area contributed by atoms with Crippen LogP contribution in [0.1, 0.15) is 45.0 Å². The topological polar surface area (TPSA) is 60.2 Å². The molecule has 0 aromatic carbocycles. The summed E-state index contributed by atoms with van der Waals surface area (Å²) in [6, 6.07) is 0.264. The van der Waals surface area contributed by atoms with Gasteiger partial charge in [0.05, 0.1) is 11.7 Å². The van der Waals surface area contributed by atoms with Crippen LogP contribution in [-0.2, 0) is 11.2 Å². The summed E-state index contributed by atoms with van der Waals surface area (Å²) >= 11 is 0. The molecule has 1 N–H and O–H groups in total. The Balaban J connectivity index is 2.07. The Bertz CT molecular complexity index is 366. The smallest absolute Gasteiger partial charge is 0.138 e. The summed E-state index contributed by atoms with van der Waals surface area (Å²) in [6.45, 7) is 4.11. The highest BCUT2D eigenvalue weighted by Crippen LogP contribution is 2.39. The molecule has 1 aromatic heterocycles. The van der Waals surface area contributed by atoms with E-state index in [1.807, 2.05) is 4.68 Å². The van der Waals surface area contributed by atoms with E-state index in [2.05, 4.69) is 23.9 Å². The SMILES string of the molecule is COC1(C(O)Cc2ncnn2C(C)C)CCC1. The van der Waals surface area contributed by atoms with Gasteiger partial charge in [-0.3, -0.25) is 0 Å². The average Bonchev–Trinajstić information content (AvgIpc) is 2.65. The second-order valence-electron chi connectivity index (χ2n) is 5.06. The summed E-state index contributed by atoms with van der Waals surface area (Å²) in [4.78, 5) is 4.22. The Kier molecular flexibility index (Phi) is 3.49. The van der Waals surface area contributed by atoms with Gasteiger partial charge in [-0.15, -0.1) is 0 Å². The highest BCUT2D eigenvalue weighted by Gasteiger charge is 2.44. The van der Waals surface area contributed by atoms with Crippen molar-refractivity contribution < 1.29 is 9.84 Å². The molecule has 1 aromatic rings. The number of methoxy groups -OCH3 is 1. The molecule has 17 heavy (non-hydrogen) atoms. The number of hydrogen-bond acceptors (Lipinski definition) is 4. The van der Waals surface area contributed by atoms with Gasteiger partial charge in [-0.05, 0) is 33.1 Å². The van der Waals surface area contributed by atoms with Crippen molar-refractivity contribution in [3.05, 3.63) is 12.2 Å². The quantitative estimate of drug-likeness (QED) is 0.842. The first kappa shape index (κ1) is 12.5. The van der Waals surface area contributed by atoms with E-state index in [4.69, 9.17) is 4.74 Å². The van der Waals surface area contributed by atoms with E-state index in [9.17, 15) is 5.11 Å². The summed E-state index contributed by atoms with van der Waals surface area (Å²) in [6.07, 6.45) is 4.54. The molecule has 5 nitrogen and oxygen atoms in total. The lowest BCUT2D eigenvalue weighted by Gasteiger charge is -2.44. The molecule has 5 heteroatoms. The Morgan fingerprint density at radius 2 is 2.24 bits per heavy atom. The Morgan fingerprint density at radius 1 is 1.53 bits per heavy atom. The predicted octanol–water partition coefficient (Wildman–Crippen LogP) is 1.33. The van der Waals surface area contributed by atoms with Crippen LogP contribution < -0.4 is 0 Å². The van der Waals surface area contributed by atoms with Gasteiger partial charge < -0.3 is 9.84 Å². The molecule has 1 unspecified atom stereocenters. The molecule has 0 saturated heterocycles. The van der Waals surface area contributed by atoms with Crippen molar-refractivity contribution in [2.45, 2.75) is 57.3 Å². The maximum atomic E-state index is 10.3. The van der Waals surface area contributed by atoms with Gasteiger partial charge in [0.1, 0.15) is 12.2 Å². The second kappa shape index (κ2) is 4.74. The minimum absolute atomic E-state index is 0.264. The van der Waals surface area contributed by atoms with Gasteiger partial charge in [0.15, 0.2) is 0 Å². The molecule has 1 heterocycles. The number of hydrogen-bond donors (Lipinski definition) is 1. The molecule has 1 saturated carbocycles. The summed E-state index contributed by atoms with van der Waals surface area (Å²) in [5.41, 5.74) is -0.353. The molecule has 0 radical (unpaired) electrons. The van der Waals surface area contributed by atoms with Crippen LogP contribution in [0, 0.1) is 0 Å². The molecule has 1 aliphatic carbocycles. The first-order valence-electron chi connectivity index (χ1n) is 6.20. The highest BCUT2D eigenvalue weighted by atomic mass is 16.5. The van der Waals surface area contributed by atoms with Crippen molar-refractivity contribution in [3.63, 3.8) is 0 Å². The van der Waals surface area contributed by atoms with Crippen molar-refractivity contribution >= 4 is 0 Å². The standard InChI is InChI=1S/C12H21N3O2/c1-9(2)15-11(13-8-14-15)7-10(16)12(17-3)5-4-6-12/h8-10,16H,4-7H2,1-3H3. The van der Waals surface area contributed by atoms with Crippen LogP contribution in [-0.4, -0.2) is 38.7 Å². The molecule has 1 aliphatic rings. The fourth-order valence-corrected chi connectivity index (χ4v) is 2.41. The summed E-state index contributed by atoms with van der Waals surface area (Å²) in [5, 5.41) is 14.5. The predicted molar refractivity (Wildman–Crippen MR) is 63.7 cm³/mol. The number of ether oxygens (including phenoxy) is 1. The molecule has 0 amide bonds. The zero-order valence-electron chi connectivity index (χ0n) is 10.8. The third-order valence-electron chi connectivity index (χ3n) is 3.73. The lowest BCUT2D eigenvalue weighted by molar-refractivity contribution is -0.149. The maximum absolute atomic E-state index is 10.3. The molecule has 0 aliphatic heterocycles. The third kappa shape index (κ3) is 2.21. The molecule has 1 fully saturated rings. The minimum atomic E-state index is -0.497. The molecule has 0 spiro atoms. The first-order valence-corrected chi connectivity index (χ1v) is 6.20. The van der Waals surface area contributed by atoms with E-state index in [-0.39, 0.29) is 11.6 Å². The van der Waals surface area contributed by atoms with Crippen molar-refractivity contribution in [2.24, 2.45) is 0 Å². The summed E-state index contributed by atoms with van der Waals surface area (Å²) < 4.78 is 7.33. The first-order chi connectivity index (χ1) is 8.09. The maximum Gasteiger partial charge on any atom is 0.138 e. The normalized spacial score (nSPS) is 20.3. The van der Waals surface area contributed by atoms with Gasteiger partial charge in [0.2, 0.25) is 0 Å². The fourth-order valence-electron chi connectivity index (χ4n) is 2.41. The van der Waals surface area contributed by atoms with E-state index in [1.165, 1.54) is 0 Å². The van der Waals surface area contributed by atoms with E-state index < -0.39 is 6.10 Å². The van der Waals surface area contributed by atoms with Crippen molar-refractivity contribution in [1.29, 1.82) is 0 Å². The average molecular weight is 239 g/mol. The van der Waals surface area contributed by atoms with Crippen LogP contribution >= 0.6 is 0 Å². The molecule has 0 bridgehead atoms. The molecule has 2 rings (SSSR count). The largest absolute Gasteiger partial charge is 0.390 e.